The molecule has 96 valence electrons. The molecule has 1 heterocycles. The molecule has 0 spiro atoms. The summed E-state index contributed by atoms with van der Waals surface area (Å²) in [5, 5.41) is 0. The summed E-state index contributed by atoms with van der Waals surface area (Å²) < 4.78 is 0. The predicted molar refractivity (Wildman–Crippen MR) is 77.4 cm³/mol. The van der Waals surface area contributed by atoms with Crippen molar-refractivity contribution in [3.8, 4) is 0 Å². The monoisotopic (exact) mass is 252 g/mol. The van der Waals surface area contributed by atoms with Crippen LogP contribution in [0.4, 0.5) is 0 Å². The zero-order valence-electron chi connectivity index (χ0n) is 11.3. The standard InChI is InChI=1S/C14H24N2S/c1-14(2,3)13(11-17)10-16(4)9-12-5-7-15-8-6-12/h5-8,13,17H,9-11H2,1-4H3. The predicted octanol–water partition coefficient (Wildman–Crippen LogP) is 3.11. The fourth-order valence-electron chi connectivity index (χ4n) is 1.85. The third-order valence-corrected chi connectivity index (χ3v) is 3.62. The molecular weight excluding hydrogens is 228 g/mol. The van der Waals surface area contributed by atoms with Crippen LogP contribution in [0.5, 0.6) is 0 Å². The number of thiol groups is 1. The van der Waals surface area contributed by atoms with Crippen molar-refractivity contribution in [1.29, 1.82) is 0 Å². The minimum absolute atomic E-state index is 0.314. The molecule has 1 aromatic rings. The number of aromatic nitrogens is 1. The zero-order valence-corrected chi connectivity index (χ0v) is 12.2. The Balaban J connectivity index is 2.51. The molecule has 0 amide bonds. The Hall–Kier alpha value is -0.540. The lowest BCUT2D eigenvalue weighted by Crippen LogP contribution is -2.34. The molecule has 0 bridgehead atoms. The largest absolute Gasteiger partial charge is 0.302 e. The van der Waals surface area contributed by atoms with Gasteiger partial charge in [0.15, 0.2) is 0 Å². The lowest BCUT2D eigenvalue weighted by Gasteiger charge is -2.33. The van der Waals surface area contributed by atoms with Crippen molar-refractivity contribution in [2.24, 2.45) is 11.3 Å². The highest BCUT2D eigenvalue weighted by atomic mass is 32.1. The molecule has 0 aliphatic rings. The van der Waals surface area contributed by atoms with E-state index in [1.807, 2.05) is 12.4 Å². The molecule has 1 atom stereocenters. The summed E-state index contributed by atoms with van der Waals surface area (Å²) in [4.78, 5) is 6.40. The molecule has 17 heavy (non-hydrogen) atoms. The fraction of sp³-hybridized carbons (Fsp3) is 0.643. The molecule has 0 N–H and O–H groups in total. The van der Waals surface area contributed by atoms with Gasteiger partial charge in [0.05, 0.1) is 0 Å². The summed E-state index contributed by atoms with van der Waals surface area (Å²) in [5.74, 6) is 1.54. The molecule has 1 rings (SSSR count). The first kappa shape index (κ1) is 14.5. The zero-order chi connectivity index (χ0) is 12.9. The summed E-state index contributed by atoms with van der Waals surface area (Å²) in [5.41, 5.74) is 1.63. The van der Waals surface area contributed by atoms with Gasteiger partial charge in [0, 0.05) is 25.5 Å². The Morgan fingerprint density at radius 1 is 1.29 bits per heavy atom. The fourth-order valence-corrected chi connectivity index (χ4v) is 2.51. The van der Waals surface area contributed by atoms with Gasteiger partial charge in [-0.05, 0) is 41.8 Å². The van der Waals surface area contributed by atoms with E-state index in [4.69, 9.17) is 0 Å². The van der Waals surface area contributed by atoms with Crippen LogP contribution in [0.1, 0.15) is 26.3 Å². The number of rotatable bonds is 5. The maximum Gasteiger partial charge on any atom is 0.0271 e. The maximum absolute atomic E-state index is 4.47. The van der Waals surface area contributed by atoms with Gasteiger partial charge in [0.25, 0.3) is 0 Å². The molecule has 0 radical (unpaired) electrons. The third kappa shape index (κ3) is 5.09. The van der Waals surface area contributed by atoms with E-state index >= 15 is 0 Å². The number of pyridine rings is 1. The van der Waals surface area contributed by atoms with Gasteiger partial charge in [-0.2, -0.15) is 12.6 Å². The van der Waals surface area contributed by atoms with Crippen molar-refractivity contribution < 1.29 is 0 Å². The van der Waals surface area contributed by atoms with Crippen LogP contribution in [0.2, 0.25) is 0 Å². The average molecular weight is 252 g/mol. The second kappa shape index (κ2) is 6.41. The molecule has 0 fully saturated rings. The van der Waals surface area contributed by atoms with E-state index in [1.165, 1.54) is 5.56 Å². The van der Waals surface area contributed by atoms with Crippen LogP contribution in [0.25, 0.3) is 0 Å². The van der Waals surface area contributed by atoms with E-state index in [2.05, 4.69) is 62.5 Å². The van der Waals surface area contributed by atoms with Crippen LogP contribution in [0.3, 0.4) is 0 Å². The quantitative estimate of drug-likeness (QED) is 0.811. The Morgan fingerprint density at radius 3 is 2.35 bits per heavy atom. The van der Waals surface area contributed by atoms with E-state index in [0.29, 0.717) is 11.3 Å². The van der Waals surface area contributed by atoms with Gasteiger partial charge in [0.2, 0.25) is 0 Å². The Bertz CT molecular complexity index is 319. The Kier molecular flexibility index (Phi) is 5.47. The van der Waals surface area contributed by atoms with Crippen LogP contribution in [0.15, 0.2) is 24.5 Å². The molecular formula is C14H24N2S. The van der Waals surface area contributed by atoms with Crippen LogP contribution in [0, 0.1) is 11.3 Å². The van der Waals surface area contributed by atoms with Gasteiger partial charge in [-0.3, -0.25) is 4.98 Å². The first-order valence-corrected chi connectivity index (χ1v) is 6.75. The molecule has 2 nitrogen and oxygen atoms in total. The van der Waals surface area contributed by atoms with Gasteiger partial charge in [-0.15, -0.1) is 0 Å². The first-order valence-electron chi connectivity index (χ1n) is 6.12. The average Bonchev–Trinajstić information content (AvgIpc) is 2.25. The number of hydrogen-bond donors (Lipinski definition) is 1. The van der Waals surface area contributed by atoms with Crippen molar-refractivity contribution >= 4 is 12.6 Å². The second-order valence-corrected chi connectivity index (χ2v) is 6.16. The normalized spacial score (nSPS) is 14.0. The van der Waals surface area contributed by atoms with Crippen LogP contribution in [-0.2, 0) is 6.54 Å². The minimum Gasteiger partial charge on any atom is -0.302 e. The van der Waals surface area contributed by atoms with Gasteiger partial charge in [-0.25, -0.2) is 0 Å². The summed E-state index contributed by atoms with van der Waals surface area (Å²) in [6.07, 6.45) is 3.70. The van der Waals surface area contributed by atoms with Gasteiger partial charge < -0.3 is 4.90 Å². The van der Waals surface area contributed by atoms with Crippen LogP contribution < -0.4 is 0 Å². The van der Waals surface area contributed by atoms with E-state index in [9.17, 15) is 0 Å². The lowest BCUT2D eigenvalue weighted by molar-refractivity contribution is 0.183. The van der Waals surface area contributed by atoms with Crippen LogP contribution >= 0.6 is 12.6 Å². The number of hydrogen-bond acceptors (Lipinski definition) is 3. The highest BCUT2D eigenvalue weighted by Crippen LogP contribution is 2.27. The molecule has 1 unspecified atom stereocenters. The summed E-state index contributed by atoms with van der Waals surface area (Å²) >= 11 is 4.47. The molecule has 0 aromatic carbocycles. The van der Waals surface area contributed by atoms with Gasteiger partial charge in [0.1, 0.15) is 0 Å². The molecule has 0 aliphatic heterocycles. The highest BCUT2D eigenvalue weighted by molar-refractivity contribution is 7.80. The summed E-state index contributed by atoms with van der Waals surface area (Å²) in [7, 11) is 2.17. The molecule has 3 heteroatoms. The van der Waals surface area contributed by atoms with Crippen molar-refractivity contribution in [3.05, 3.63) is 30.1 Å². The maximum atomic E-state index is 4.47. The number of nitrogens with zero attached hydrogens (tertiary/aromatic N) is 2. The topological polar surface area (TPSA) is 16.1 Å². The molecule has 0 aliphatic carbocycles. The van der Waals surface area contributed by atoms with E-state index in [-0.39, 0.29) is 0 Å². The molecule has 0 saturated carbocycles. The highest BCUT2D eigenvalue weighted by Gasteiger charge is 2.24. The van der Waals surface area contributed by atoms with Crippen LogP contribution in [-0.4, -0.2) is 29.2 Å². The third-order valence-electron chi connectivity index (χ3n) is 3.18. The van der Waals surface area contributed by atoms with Crippen molar-refractivity contribution in [3.63, 3.8) is 0 Å². The van der Waals surface area contributed by atoms with E-state index in [1.54, 1.807) is 0 Å². The summed E-state index contributed by atoms with van der Waals surface area (Å²) in [6, 6.07) is 4.15. The van der Waals surface area contributed by atoms with Crippen molar-refractivity contribution in [1.82, 2.24) is 9.88 Å². The van der Waals surface area contributed by atoms with E-state index < -0.39 is 0 Å². The van der Waals surface area contributed by atoms with Crippen molar-refractivity contribution in [2.45, 2.75) is 27.3 Å². The Morgan fingerprint density at radius 2 is 1.88 bits per heavy atom. The smallest absolute Gasteiger partial charge is 0.0271 e. The van der Waals surface area contributed by atoms with Gasteiger partial charge >= 0.3 is 0 Å². The lowest BCUT2D eigenvalue weighted by atomic mass is 9.81. The minimum atomic E-state index is 0.314. The molecule has 0 saturated heterocycles. The first-order chi connectivity index (χ1) is 7.93. The molecule has 1 aromatic heterocycles. The SMILES string of the molecule is CN(Cc1ccncc1)CC(CS)C(C)(C)C. The second-order valence-electron chi connectivity index (χ2n) is 5.80. The van der Waals surface area contributed by atoms with Crippen molar-refractivity contribution in [2.75, 3.05) is 19.3 Å². The van der Waals surface area contributed by atoms with E-state index in [0.717, 1.165) is 18.8 Å². The van der Waals surface area contributed by atoms with Gasteiger partial charge in [-0.1, -0.05) is 20.8 Å². The Labute approximate surface area is 111 Å². The summed E-state index contributed by atoms with van der Waals surface area (Å²) in [6.45, 7) is 8.91.